The minimum atomic E-state index is -0.803. The molecule has 0 saturated heterocycles. The Morgan fingerprint density at radius 3 is 2.35 bits per heavy atom. The fourth-order valence-electron chi connectivity index (χ4n) is 2.21. The Hall–Kier alpha value is -1.22. The predicted octanol–water partition coefficient (Wildman–Crippen LogP) is 3.20. The number of carbonyl (C=O) groups is 1. The van der Waals surface area contributed by atoms with Crippen LogP contribution in [0.2, 0.25) is 5.02 Å². The lowest BCUT2D eigenvalue weighted by atomic mass is 10.0. The smallest absolute Gasteiger partial charge is 0.350 e. The number of benzene rings is 1. The molecule has 0 unspecified atom stereocenters. The van der Waals surface area contributed by atoms with Crippen molar-refractivity contribution in [2.75, 3.05) is 7.11 Å². The van der Waals surface area contributed by atoms with Gasteiger partial charge in [0.05, 0.1) is 7.11 Å². The highest BCUT2D eigenvalue weighted by Crippen LogP contribution is 2.35. The van der Waals surface area contributed by atoms with E-state index in [1.165, 1.54) is 7.11 Å². The Labute approximate surface area is 106 Å². The zero-order chi connectivity index (χ0) is 12.3. The summed E-state index contributed by atoms with van der Waals surface area (Å²) in [7, 11) is 1.40. The number of rotatable bonds is 3. The van der Waals surface area contributed by atoms with Crippen LogP contribution in [0.1, 0.15) is 25.7 Å². The summed E-state index contributed by atoms with van der Waals surface area (Å²) in [4.78, 5) is 11.8. The van der Waals surface area contributed by atoms with E-state index in [9.17, 15) is 4.79 Å². The van der Waals surface area contributed by atoms with Gasteiger partial charge in [0.1, 0.15) is 5.75 Å². The van der Waals surface area contributed by atoms with Crippen molar-refractivity contribution in [3.05, 3.63) is 29.3 Å². The summed E-state index contributed by atoms with van der Waals surface area (Å²) >= 11 is 5.81. The first kappa shape index (κ1) is 12.2. The molecule has 0 radical (unpaired) electrons. The van der Waals surface area contributed by atoms with Crippen molar-refractivity contribution in [1.82, 2.24) is 0 Å². The largest absolute Gasteiger partial charge is 0.476 e. The number of methoxy groups -OCH3 is 1. The van der Waals surface area contributed by atoms with E-state index in [2.05, 4.69) is 0 Å². The van der Waals surface area contributed by atoms with Crippen LogP contribution in [0.15, 0.2) is 24.3 Å². The second-order valence-electron chi connectivity index (χ2n) is 4.25. The first-order valence-corrected chi connectivity index (χ1v) is 6.07. The SMILES string of the molecule is COC(=O)C1(Oc2ccc(Cl)cc2)CCCC1. The van der Waals surface area contributed by atoms with Gasteiger partial charge in [0.2, 0.25) is 5.60 Å². The second kappa shape index (κ2) is 4.96. The fourth-order valence-corrected chi connectivity index (χ4v) is 2.33. The summed E-state index contributed by atoms with van der Waals surface area (Å²) < 4.78 is 10.7. The van der Waals surface area contributed by atoms with Crippen molar-refractivity contribution >= 4 is 17.6 Å². The summed E-state index contributed by atoms with van der Waals surface area (Å²) in [5, 5.41) is 0.649. The van der Waals surface area contributed by atoms with Gasteiger partial charge in [-0.2, -0.15) is 0 Å². The van der Waals surface area contributed by atoms with E-state index >= 15 is 0 Å². The standard InChI is InChI=1S/C13H15ClO3/c1-16-12(15)13(8-2-3-9-13)17-11-6-4-10(14)5-7-11/h4-7H,2-3,8-9H2,1H3. The third kappa shape index (κ3) is 2.55. The van der Waals surface area contributed by atoms with E-state index in [1.807, 2.05) is 0 Å². The van der Waals surface area contributed by atoms with Gasteiger partial charge in [-0.3, -0.25) is 0 Å². The number of hydrogen-bond acceptors (Lipinski definition) is 3. The molecular weight excluding hydrogens is 240 g/mol. The Balaban J connectivity index is 2.18. The highest BCUT2D eigenvalue weighted by molar-refractivity contribution is 6.30. The number of ether oxygens (including phenoxy) is 2. The normalized spacial score (nSPS) is 17.8. The number of halogens is 1. The molecule has 0 atom stereocenters. The van der Waals surface area contributed by atoms with Crippen LogP contribution in [0, 0.1) is 0 Å². The molecule has 0 bridgehead atoms. The van der Waals surface area contributed by atoms with Gasteiger partial charge in [-0.05, 0) is 49.9 Å². The Morgan fingerprint density at radius 2 is 1.82 bits per heavy atom. The minimum Gasteiger partial charge on any atom is -0.476 e. The molecule has 1 aromatic rings. The summed E-state index contributed by atoms with van der Waals surface area (Å²) in [6.45, 7) is 0. The molecule has 0 heterocycles. The average molecular weight is 255 g/mol. The van der Waals surface area contributed by atoms with E-state index in [4.69, 9.17) is 21.1 Å². The lowest BCUT2D eigenvalue weighted by Crippen LogP contribution is -2.42. The van der Waals surface area contributed by atoms with Crippen molar-refractivity contribution in [3.63, 3.8) is 0 Å². The highest BCUT2D eigenvalue weighted by Gasteiger charge is 2.44. The second-order valence-corrected chi connectivity index (χ2v) is 4.69. The van der Waals surface area contributed by atoms with Crippen molar-refractivity contribution in [2.45, 2.75) is 31.3 Å². The summed E-state index contributed by atoms with van der Waals surface area (Å²) in [5.74, 6) is 0.367. The molecule has 1 fully saturated rings. The van der Waals surface area contributed by atoms with Crippen molar-refractivity contribution in [1.29, 1.82) is 0 Å². The molecule has 0 aliphatic heterocycles. The minimum absolute atomic E-state index is 0.287. The zero-order valence-corrected chi connectivity index (χ0v) is 10.5. The topological polar surface area (TPSA) is 35.5 Å². The maximum atomic E-state index is 11.8. The van der Waals surface area contributed by atoms with Gasteiger partial charge in [0.25, 0.3) is 0 Å². The van der Waals surface area contributed by atoms with E-state index in [0.717, 1.165) is 12.8 Å². The van der Waals surface area contributed by atoms with Crippen molar-refractivity contribution in [3.8, 4) is 5.75 Å². The number of hydrogen-bond donors (Lipinski definition) is 0. The van der Waals surface area contributed by atoms with Crippen LogP contribution in [0.25, 0.3) is 0 Å². The van der Waals surface area contributed by atoms with E-state index < -0.39 is 5.60 Å². The summed E-state index contributed by atoms with van der Waals surface area (Å²) in [5.41, 5.74) is -0.803. The average Bonchev–Trinajstić information content (AvgIpc) is 2.81. The summed E-state index contributed by atoms with van der Waals surface area (Å²) in [6.07, 6.45) is 3.40. The third-order valence-corrected chi connectivity index (χ3v) is 3.35. The molecule has 0 N–H and O–H groups in total. The first-order chi connectivity index (χ1) is 8.16. The highest BCUT2D eigenvalue weighted by atomic mass is 35.5. The monoisotopic (exact) mass is 254 g/mol. The fraction of sp³-hybridized carbons (Fsp3) is 0.462. The van der Waals surface area contributed by atoms with Crippen LogP contribution in [-0.4, -0.2) is 18.7 Å². The Morgan fingerprint density at radius 1 is 1.24 bits per heavy atom. The molecule has 1 saturated carbocycles. The molecule has 17 heavy (non-hydrogen) atoms. The number of esters is 1. The van der Waals surface area contributed by atoms with Crippen LogP contribution < -0.4 is 4.74 Å². The maximum Gasteiger partial charge on any atom is 0.350 e. The molecule has 4 heteroatoms. The van der Waals surface area contributed by atoms with Crippen LogP contribution >= 0.6 is 11.6 Å². The lowest BCUT2D eigenvalue weighted by molar-refractivity contribution is -0.158. The van der Waals surface area contributed by atoms with E-state index in [0.29, 0.717) is 23.6 Å². The predicted molar refractivity (Wildman–Crippen MR) is 65.3 cm³/mol. The number of carbonyl (C=O) groups excluding carboxylic acids is 1. The van der Waals surface area contributed by atoms with E-state index in [1.54, 1.807) is 24.3 Å². The quantitative estimate of drug-likeness (QED) is 0.777. The van der Waals surface area contributed by atoms with Gasteiger partial charge in [0.15, 0.2) is 0 Å². The van der Waals surface area contributed by atoms with E-state index in [-0.39, 0.29) is 5.97 Å². The van der Waals surface area contributed by atoms with Gasteiger partial charge in [0, 0.05) is 5.02 Å². The Bertz CT molecular complexity index is 394. The van der Waals surface area contributed by atoms with Crippen molar-refractivity contribution < 1.29 is 14.3 Å². The molecule has 1 aliphatic carbocycles. The summed E-state index contributed by atoms with van der Waals surface area (Å²) in [6, 6.07) is 7.03. The molecule has 2 rings (SSSR count). The van der Waals surface area contributed by atoms with Gasteiger partial charge in [-0.1, -0.05) is 11.6 Å². The third-order valence-electron chi connectivity index (χ3n) is 3.10. The van der Waals surface area contributed by atoms with Gasteiger partial charge < -0.3 is 9.47 Å². The van der Waals surface area contributed by atoms with Gasteiger partial charge in [-0.25, -0.2) is 4.79 Å². The molecule has 3 nitrogen and oxygen atoms in total. The van der Waals surface area contributed by atoms with Crippen LogP contribution in [0.4, 0.5) is 0 Å². The first-order valence-electron chi connectivity index (χ1n) is 5.69. The van der Waals surface area contributed by atoms with Crippen molar-refractivity contribution in [2.24, 2.45) is 0 Å². The molecular formula is C13H15ClO3. The van der Waals surface area contributed by atoms with Crippen LogP contribution in [0.3, 0.4) is 0 Å². The molecule has 92 valence electrons. The van der Waals surface area contributed by atoms with Crippen LogP contribution in [0.5, 0.6) is 5.75 Å². The lowest BCUT2D eigenvalue weighted by Gasteiger charge is -2.27. The maximum absolute atomic E-state index is 11.8. The molecule has 1 aliphatic rings. The zero-order valence-electron chi connectivity index (χ0n) is 9.74. The Kier molecular flexibility index (Phi) is 3.57. The van der Waals surface area contributed by atoms with Gasteiger partial charge >= 0.3 is 5.97 Å². The van der Waals surface area contributed by atoms with Crippen LogP contribution in [-0.2, 0) is 9.53 Å². The van der Waals surface area contributed by atoms with Gasteiger partial charge in [-0.15, -0.1) is 0 Å². The molecule has 1 aromatic carbocycles. The molecule has 0 spiro atoms. The molecule has 0 aromatic heterocycles. The molecule has 0 amide bonds.